The number of benzene rings is 1. The molecule has 1 aliphatic rings. The van der Waals surface area contributed by atoms with Crippen molar-refractivity contribution in [3.8, 4) is 0 Å². The van der Waals surface area contributed by atoms with Crippen molar-refractivity contribution in [1.29, 1.82) is 0 Å². The lowest BCUT2D eigenvalue weighted by Gasteiger charge is -2.33. The van der Waals surface area contributed by atoms with E-state index in [2.05, 4.69) is 5.32 Å². The zero-order valence-corrected chi connectivity index (χ0v) is 11.9. The summed E-state index contributed by atoms with van der Waals surface area (Å²) in [6.07, 6.45) is 0.515. The van der Waals surface area contributed by atoms with Crippen molar-refractivity contribution in [2.45, 2.75) is 25.3 Å². The first-order valence-corrected chi connectivity index (χ1v) is 6.72. The Balaban J connectivity index is 2.22. The van der Waals surface area contributed by atoms with Crippen molar-refractivity contribution in [3.63, 3.8) is 0 Å². The summed E-state index contributed by atoms with van der Waals surface area (Å²) in [6, 6.07) is 4.94. The Bertz CT molecular complexity index is 518. The molecule has 1 aromatic rings. The molecule has 0 saturated carbocycles. The quantitative estimate of drug-likeness (QED) is 0.895. The molecule has 1 heterocycles. The number of aliphatic carboxylic acids is 1. The minimum atomic E-state index is -1.26. The highest BCUT2D eigenvalue weighted by Crippen LogP contribution is 2.22. The van der Waals surface area contributed by atoms with Gasteiger partial charge in [-0.15, -0.1) is 0 Å². The molecule has 1 aromatic carbocycles. The average molecular weight is 298 g/mol. The zero-order valence-electron chi connectivity index (χ0n) is 11.1. The van der Waals surface area contributed by atoms with Gasteiger partial charge in [-0.25, -0.2) is 4.79 Å². The average Bonchev–Trinajstić information content (AvgIpc) is 2.38. The van der Waals surface area contributed by atoms with Crippen LogP contribution in [0.2, 0.25) is 5.02 Å². The molecule has 0 aliphatic carbocycles. The number of nitrogens with one attached hydrogen (secondary N) is 1. The van der Waals surface area contributed by atoms with Gasteiger partial charge in [0.2, 0.25) is 0 Å². The van der Waals surface area contributed by atoms with Crippen LogP contribution in [0, 0.1) is 6.92 Å². The van der Waals surface area contributed by atoms with Gasteiger partial charge in [0.25, 0.3) is 5.91 Å². The molecular weight excluding hydrogens is 282 g/mol. The Labute approximate surface area is 121 Å². The number of hydrogen-bond donors (Lipinski definition) is 2. The maximum absolute atomic E-state index is 12.3. The van der Waals surface area contributed by atoms with E-state index in [0.29, 0.717) is 23.8 Å². The van der Waals surface area contributed by atoms with Crippen LogP contribution in [-0.2, 0) is 9.53 Å². The topological polar surface area (TPSA) is 75.6 Å². The van der Waals surface area contributed by atoms with Gasteiger partial charge in [-0.1, -0.05) is 11.6 Å². The molecule has 1 aliphatic heterocycles. The van der Waals surface area contributed by atoms with E-state index in [9.17, 15) is 14.7 Å². The van der Waals surface area contributed by atoms with Crippen molar-refractivity contribution in [3.05, 3.63) is 34.3 Å². The number of carboxylic acid groups (broad SMARTS) is 1. The van der Waals surface area contributed by atoms with Gasteiger partial charge in [-0.05, 0) is 30.7 Å². The molecule has 5 nitrogen and oxygen atoms in total. The maximum Gasteiger partial charge on any atom is 0.329 e. The lowest BCUT2D eigenvalue weighted by Crippen LogP contribution is -2.57. The lowest BCUT2D eigenvalue weighted by atomic mass is 9.89. The molecule has 20 heavy (non-hydrogen) atoms. The summed E-state index contributed by atoms with van der Waals surface area (Å²) in [4.78, 5) is 23.7. The minimum absolute atomic E-state index is 0.258. The number of ether oxygens (including phenoxy) is 1. The number of aryl methyl sites for hydroxylation is 1. The van der Waals surface area contributed by atoms with Crippen LogP contribution < -0.4 is 5.32 Å². The van der Waals surface area contributed by atoms with E-state index in [-0.39, 0.29) is 12.8 Å². The summed E-state index contributed by atoms with van der Waals surface area (Å²) in [5.74, 6) is -1.46. The van der Waals surface area contributed by atoms with Crippen molar-refractivity contribution in [2.24, 2.45) is 0 Å². The Hall–Kier alpha value is -1.59. The fraction of sp³-hybridized carbons (Fsp3) is 0.429. The molecule has 0 bridgehead atoms. The van der Waals surface area contributed by atoms with E-state index < -0.39 is 17.4 Å². The van der Waals surface area contributed by atoms with Gasteiger partial charge >= 0.3 is 5.97 Å². The molecule has 1 fully saturated rings. The number of rotatable bonds is 3. The smallest absolute Gasteiger partial charge is 0.329 e. The van der Waals surface area contributed by atoms with Crippen LogP contribution in [0.3, 0.4) is 0 Å². The molecule has 1 saturated heterocycles. The third-order valence-corrected chi connectivity index (χ3v) is 3.63. The second kappa shape index (κ2) is 5.81. The second-order valence-corrected chi connectivity index (χ2v) is 5.41. The molecule has 0 unspecified atom stereocenters. The predicted octanol–water partition coefficient (Wildman–Crippen LogP) is 2.01. The molecule has 0 radical (unpaired) electrons. The number of carbonyl (C=O) groups is 2. The zero-order chi connectivity index (χ0) is 14.8. The van der Waals surface area contributed by atoms with E-state index in [1.807, 2.05) is 6.92 Å². The Morgan fingerprint density at radius 2 is 1.95 bits per heavy atom. The van der Waals surface area contributed by atoms with Crippen LogP contribution in [0.25, 0.3) is 0 Å². The number of halogens is 1. The Kier molecular flexibility index (Phi) is 4.30. The second-order valence-electron chi connectivity index (χ2n) is 4.97. The first kappa shape index (κ1) is 14.8. The third kappa shape index (κ3) is 3.11. The van der Waals surface area contributed by atoms with E-state index in [0.717, 1.165) is 5.56 Å². The van der Waals surface area contributed by atoms with Crippen molar-refractivity contribution in [1.82, 2.24) is 5.32 Å². The van der Waals surface area contributed by atoms with Gasteiger partial charge in [-0.2, -0.15) is 0 Å². The molecule has 6 heteroatoms. The van der Waals surface area contributed by atoms with Crippen molar-refractivity contribution < 1.29 is 19.4 Å². The largest absolute Gasteiger partial charge is 0.480 e. The molecule has 1 amide bonds. The van der Waals surface area contributed by atoms with Gasteiger partial charge in [0.1, 0.15) is 5.54 Å². The molecule has 108 valence electrons. The Morgan fingerprint density at radius 1 is 1.30 bits per heavy atom. The van der Waals surface area contributed by atoms with Crippen LogP contribution in [-0.4, -0.2) is 35.7 Å². The summed E-state index contributed by atoms with van der Waals surface area (Å²) in [5.41, 5.74) is -0.0490. The number of amides is 1. The van der Waals surface area contributed by atoms with Gasteiger partial charge in [-0.3, -0.25) is 4.79 Å². The molecule has 2 N–H and O–H groups in total. The summed E-state index contributed by atoms with van der Waals surface area (Å²) in [5, 5.41) is 12.5. The van der Waals surface area contributed by atoms with Crippen LogP contribution in [0.5, 0.6) is 0 Å². The fourth-order valence-corrected chi connectivity index (χ4v) is 2.56. The summed E-state index contributed by atoms with van der Waals surface area (Å²) >= 11 is 5.92. The summed E-state index contributed by atoms with van der Waals surface area (Å²) in [6.45, 7) is 2.46. The monoisotopic (exact) mass is 297 g/mol. The van der Waals surface area contributed by atoms with E-state index in [4.69, 9.17) is 16.3 Å². The first-order valence-electron chi connectivity index (χ1n) is 6.34. The van der Waals surface area contributed by atoms with Crippen molar-refractivity contribution in [2.75, 3.05) is 13.2 Å². The minimum Gasteiger partial charge on any atom is -0.480 e. The first-order chi connectivity index (χ1) is 9.43. The number of hydrogen-bond acceptors (Lipinski definition) is 3. The van der Waals surface area contributed by atoms with Gasteiger partial charge < -0.3 is 15.2 Å². The molecule has 2 rings (SSSR count). The SMILES string of the molecule is Cc1cc(Cl)cc(C(=O)NC2(C(=O)O)CCOCC2)c1. The summed E-state index contributed by atoms with van der Waals surface area (Å²) < 4.78 is 5.16. The molecular formula is C14H16ClNO4. The van der Waals surface area contributed by atoms with Gasteiger partial charge in [0.05, 0.1) is 0 Å². The molecule has 0 atom stereocenters. The van der Waals surface area contributed by atoms with Crippen LogP contribution in [0.1, 0.15) is 28.8 Å². The summed E-state index contributed by atoms with van der Waals surface area (Å²) in [7, 11) is 0. The standard InChI is InChI=1S/C14H16ClNO4/c1-9-6-10(8-11(15)7-9)12(17)16-14(13(18)19)2-4-20-5-3-14/h6-8H,2-5H2,1H3,(H,16,17)(H,18,19). The normalized spacial score (nSPS) is 17.5. The van der Waals surface area contributed by atoms with E-state index in [1.165, 1.54) is 6.07 Å². The van der Waals surface area contributed by atoms with Crippen LogP contribution in [0.15, 0.2) is 18.2 Å². The van der Waals surface area contributed by atoms with E-state index in [1.54, 1.807) is 12.1 Å². The predicted molar refractivity (Wildman–Crippen MR) is 74.1 cm³/mol. The highest BCUT2D eigenvalue weighted by molar-refractivity contribution is 6.31. The highest BCUT2D eigenvalue weighted by atomic mass is 35.5. The van der Waals surface area contributed by atoms with Crippen LogP contribution >= 0.6 is 11.6 Å². The lowest BCUT2D eigenvalue weighted by molar-refractivity contribution is -0.148. The van der Waals surface area contributed by atoms with Crippen LogP contribution in [0.4, 0.5) is 0 Å². The fourth-order valence-electron chi connectivity index (χ4n) is 2.27. The highest BCUT2D eigenvalue weighted by Gasteiger charge is 2.41. The van der Waals surface area contributed by atoms with E-state index >= 15 is 0 Å². The Morgan fingerprint density at radius 3 is 2.50 bits per heavy atom. The molecule has 0 aromatic heterocycles. The van der Waals surface area contributed by atoms with Gasteiger partial charge in [0.15, 0.2) is 0 Å². The molecule has 0 spiro atoms. The van der Waals surface area contributed by atoms with Crippen molar-refractivity contribution >= 4 is 23.5 Å². The maximum atomic E-state index is 12.3. The number of carbonyl (C=O) groups excluding carboxylic acids is 1. The third-order valence-electron chi connectivity index (χ3n) is 3.41. The number of carboxylic acids is 1. The van der Waals surface area contributed by atoms with Gasteiger partial charge in [0, 0.05) is 36.6 Å².